The fraction of sp³-hybridized carbons (Fsp3) is 0.333. The third-order valence-electron chi connectivity index (χ3n) is 3.02. The van der Waals surface area contributed by atoms with Crippen molar-refractivity contribution in [2.24, 2.45) is 0 Å². The van der Waals surface area contributed by atoms with Crippen LogP contribution in [0.4, 0.5) is 0 Å². The molecule has 6 heteroatoms. The number of carbonyl (C=O) groups is 1. The Kier molecular flexibility index (Phi) is 5.36. The fourth-order valence-corrected chi connectivity index (χ4v) is 2.07. The Hall–Kier alpha value is -1.85. The van der Waals surface area contributed by atoms with Gasteiger partial charge in [0.05, 0.1) is 12.7 Å². The van der Waals surface area contributed by atoms with Gasteiger partial charge in [0.25, 0.3) is 0 Å². The van der Waals surface area contributed by atoms with E-state index in [1.807, 2.05) is 24.1 Å². The van der Waals surface area contributed by atoms with Gasteiger partial charge in [-0.25, -0.2) is 4.98 Å². The first kappa shape index (κ1) is 15.5. The van der Waals surface area contributed by atoms with Gasteiger partial charge in [0, 0.05) is 17.0 Å². The van der Waals surface area contributed by atoms with Crippen LogP contribution in [0.1, 0.15) is 18.7 Å². The van der Waals surface area contributed by atoms with Crippen molar-refractivity contribution in [3.63, 3.8) is 0 Å². The van der Waals surface area contributed by atoms with Gasteiger partial charge < -0.3 is 9.52 Å². The molecule has 0 atom stereocenters. The summed E-state index contributed by atoms with van der Waals surface area (Å²) in [5, 5.41) is 9.28. The number of oxazole rings is 1. The summed E-state index contributed by atoms with van der Waals surface area (Å²) in [5.41, 5.74) is 0.923. The standard InChI is InChI=1S/C15H17ClN2O3/c1-18(8-2-3-15(19)20)10-14-17-9-13(21-14)11-4-6-12(16)7-5-11/h4-7,9H,2-3,8,10H2,1H3,(H,19,20). The van der Waals surface area contributed by atoms with Crippen molar-refractivity contribution >= 4 is 17.6 Å². The van der Waals surface area contributed by atoms with E-state index in [0.717, 1.165) is 5.56 Å². The highest BCUT2D eigenvalue weighted by atomic mass is 35.5. The molecule has 1 heterocycles. The van der Waals surface area contributed by atoms with Crippen molar-refractivity contribution in [3.8, 4) is 11.3 Å². The van der Waals surface area contributed by atoms with Crippen LogP contribution in [0.2, 0.25) is 5.02 Å². The van der Waals surface area contributed by atoms with E-state index in [9.17, 15) is 4.79 Å². The zero-order valence-electron chi connectivity index (χ0n) is 11.8. The topological polar surface area (TPSA) is 66.6 Å². The van der Waals surface area contributed by atoms with Crippen LogP contribution in [-0.2, 0) is 11.3 Å². The largest absolute Gasteiger partial charge is 0.481 e. The molecule has 21 heavy (non-hydrogen) atoms. The van der Waals surface area contributed by atoms with Crippen molar-refractivity contribution in [3.05, 3.63) is 41.4 Å². The predicted molar refractivity (Wildman–Crippen MR) is 80.2 cm³/mol. The first-order valence-corrected chi connectivity index (χ1v) is 7.03. The maximum absolute atomic E-state index is 10.5. The zero-order chi connectivity index (χ0) is 15.2. The summed E-state index contributed by atoms with van der Waals surface area (Å²) in [6.45, 7) is 1.23. The number of carboxylic acid groups (broad SMARTS) is 1. The Morgan fingerprint density at radius 3 is 2.76 bits per heavy atom. The third-order valence-corrected chi connectivity index (χ3v) is 3.27. The zero-order valence-corrected chi connectivity index (χ0v) is 12.5. The van der Waals surface area contributed by atoms with Gasteiger partial charge in [0.15, 0.2) is 5.76 Å². The molecular formula is C15H17ClN2O3. The number of aromatic nitrogens is 1. The van der Waals surface area contributed by atoms with Crippen molar-refractivity contribution in [1.82, 2.24) is 9.88 Å². The van der Waals surface area contributed by atoms with E-state index in [-0.39, 0.29) is 6.42 Å². The summed E-state index contributed by atoms with van der Waals surface area (Å²) in [7, 11) is 1.91. The number of hydrogen-bond acceptors (Lipinski definition) is 4. The average Bonchev–Trinajstić information content (AvgIpc) is 2.87. The van der Waals surface area contributed by atoms with Crippen LogP contribution >= 0.6 is 11.6 Å². The highest BCUT2D eigenvalue weighted by molar-refractivity contribution is 6.30. The molecule has 0 fully saturated rings. The summed E-state index contributed by atoms with van der Waals surface area (Å²) in [6.07, 6.45) is 2.46. The van der Waals surface area contributed by atoms with Crippen LogP contribution in [0, 0.1) is 0 Å². The molecule has 0 radical (unpaired) electrons. The Morgan fingerprint density at radius 2 is 2.10 bits per heavy atom. The quantitative estimate of drug-likeness (QED) is 0.850. The predicted octanol–water partition coefficient (Wildman–Crippen LogP) is 3.29. The highest BCUT2D eigenvalue weighted by Gasteiger charge is 2.09. The number of benzene rings is 1. The van der Waals surface area contributed by atoms with Gasteiger partial charge in [-0.3, -0.25) is 9.69 Å². The number of nitrogens with zero attached hydrogens (tertiary/aromatic N) is 2. The molecule has 0 spiro atoms. The molecule has 5 nitrogen and oxygen atoms in total. The first-order valence-electron chi connectivity index (χ1n) is 6.65. The van der Waals surface area contributed by atoms with Crippen molar-refractivity contribution in [2.75, 3.05) is 13.6 Å². The molecule has 0 bridgehead atoms. The van der Waals surface area contributed by atoms with Gasteiger partial charge >= 0.3 is 5.97 Å². The first-order chi connectivity index (χ1) is 10.0. The van der Waals surface area contributed by atoms with Gasteiger partial charge in [0.1, 0.15) is 0 Å². The van der Waals surface area contributed by atoms with Crippen LogP contribution in [0.5, 0.6) is 0 Å². The molecule has 1 aromatic carbocycles. The van der Waals surface area contributed by atoms with E-state index in [1.54, 1.807) is 18.3 Å². The number of hydrogen-bond donors (Lipinski definition) is 1. The van der Waals surface area contributed by atoms with Crippen LogP contribution in [-0.4, -0.2) is 34.6 Å². The SMILES string of the molecule is CN(CCCC(=O)O)Cc1ncc(-c2ccc(Cl)cc2)o1. The van der Waals surface area contributed by atoms with Gasteiger partial charge in [-0.1, -0.05) is 11.6 Å². The van der Waals surface area contributed by atoms with E-state index in [0.29, 0.717) is 36.2 Å². The molecule has 1 N–H and O–H groups in total. The molecular weight excluding hydrogens is 292 g/mol. The number of halogens is 1. The molecule has 112 valence electrons. The number of carboxylic acids is 1. The van der Waals surface area contributed by atoms with E-state index in [2.05, 4.69) is 4.98 Å². The van der Waals surface area contributed by atoms with E-state index < -0.39 is 5.97 Å². The Labute approximate surface area is 128 Å². The summed E-state index contributed by atoms with van der Waals surface area (Å²) in [5.74, 6) is 0.530. The van der Waals surface area contributed by atoms with Gasteiger partial charge in [-0.2, -0.15) is 0 Å². The summed E-state index contributed by atoms with van der Waals surface area (Å²) in [4.78, 5) is 16.7. The lowest BCUT2D eigenvalue weighted by atomic mass is 10.2. The second-order valence-electron chi connectivity index (χ2n) is 4.86. The summed E-state index contributed by atoms with van der Waals surface area (Å²) < 4.78 is 5.70. The molecule has 2 rings (SSSR count). The molecule has 0 aliphatic carbocycles. The Morgan fingerprint density at radius 1 is 1.38 bits per heavy atom. The maximum atomic E-state index is 10.5. The smallest absolute Gasteiger partial charge is 0.303 e. The highest BCUT2D eigenvalue weighted by Crippen LogP contribution is 2.22. The molecule has 0 saturated heterocycles. The second-order valence-corrected chi connectivity index (χ2v) is 5.30. The van der Waals surface area contributed by atoms with Gasteiger partial charge in [0.2, 0.25) is 5.89 Å². The molecule has 2 aromatic rings. The lowest BCUT2D eigenvalue weighted by Crippen LogP contribution is -2.19. The molecule has 0 amide bonds. The minimum absolute atomic E-state index is 0.173. The second kappa shape index (κ2) is 7.24. The normalized spacial score (nSPS) is 11.0. The van der Waals surface area contributed by atoms with Crippen molar-refractivity contribution in [2.45, 2.75) is 19.4 Å². The van der Waals surface area contributed by atoms with E-state index >= 15 is 0 Å². The van der Waals surface area contributed by atoms with Gasteiger partial charge in [-0.15, -0.1) is 0 Å². The summed E-state index contributed by atoms with van der Waals surface area (Å²) in [6, 6.07) is 7.36. The van der Waals surface area contributed by atoms with Gasteiger partial charge in [-0.05, 0) is 44.3 Å². The monoisotopic (exact) mass is 308 g/mol. The van der Waals surface area contributed by atoms with Crippen LogP contribution in [0.3, 0.4) is 0 Å². The Bertz CT molecular complexity index is 595. The number of rotatable bonds is 7. The lowest BCUT2D eigenvalue weighted by molar-refractivity contribution is -0.137. The minimum Gasteiger partial charge on any atom is -0.481 e. The summed E-state index contributed by atoms with van der Waals surface area (Å²) >= 11 is 5.85. The van der Waals surface area contributed by atoms with Crippen molar-refractivity contribution < 1.29 is 14.3 Å². The Balaban J connectivity index is 1.90. The van der Waals surface area contributed by atoms with Crippen LogP contribution in [0.25, 0.3) is 11.3 Å². The van der Waals surface area contributed by atoms with E-state index in [1.165, 1.54) is 0 Å². The van der Waals surface area contributed by atoms with E-state index in [4.69, 9.17) is 21.1 Å². The lowest BCUT2D eigenvalue weighted by Gasteiger charge is -2.13. The van der Waals surface area contributed by atoms with Crippen LogP contribution in [0.15, 0.2) is 34.9 Å². The van der Waals surface area contributed by atoms with Crippen molar-refractivity contribution in [1.29, 1.82) is 0 Å². The minimum atomic E-state index is -0.774. The fourth-order valence-electron chi connectivity index (χ4n) is 1.94. The third kappa shape index (κ3) is 4.88. The molecule has 0 saturated carbocycles. The average molecular weight is 309 g/mol. The maximum Gasteiger partial charge on any atom is 0.303 e. The molecule has 0 aliphatic rings. The molecule has 0 unspecified atom stereocenters. The van der Waals surface area contributed by atoms with Crippen LogP contribution < -0.4 is 0 Å². The molecule has 0 aliphatic heterocycles. The number of aliphatic carboxylic acids is 1. The molecule has 1 aromatic heterocycles.